The summed E-state index contributed by atoms with van der Waals surface area (Å²) < 4.78 is 7.66. The first-order valence-electron chi connectivity index (χ1n) is 11.6. The number of hydrogen-bond acceptors (Lipinski definition) is 5. The number of aryl methyl sites for hydroxylation is 1. The Morgan fingerprint density at radius 3 is 2.67 bits per heavy atom. The smallest absolute Gasteiger partial charge is 0.229 e. The molecule has 7 nitrogen and oxygen atoms in total. The van der Waals surface area contributed by atoms with Gasteiger partial charge in [0, 0.05) is 48.0 Å². The summed E-state index contributed by atoms with van der Waals surface area (Å²) in [6, 6.07) is 11.5. The number of methoxy groups -OCH3 is 1. The third-order valence-electron chi connectivity index (χ3n) is 7.64. The highest BCUT2D eigenvalue weighted by molar-refractivity contribution is 5.90. The number of nitrogens with zero attached hydrogens (tertiary/aromatic N) is 4. The number of benzene rings is 1. The van der Waals surface area contributed by atoms with E-state index in [2.05, 4.69) is 33.6 Å². The molecule has 1 aromatic carbocycles. The first-order chi connectivity index (χ1) is 16.0. The van der Waals surface area contributed by atoms with Gasteiger partial charge in [-0.15, -0.1) is 0 Å². The van der Waals surface area contributed by atoms with E-state index >= 15 is 0 Å². The second-order valence-electron chi connectivity index (χ2n) is 9.50. The van der Waals surface area contributed by atoms with E-state index in [0.717, 1.165) is 48.6 Å². The summed E-state index contributed by atoms with van der Waals surface area (Å²) in [5.41, 5.74) is 4.04. The number of hydrogen-bond donors (Lipinski definition) is 1. The fourth-order valence-corrected chi connectivity index (χ4v) is 5.83. The molecule has 1 spiro atoms. The molecule has 0 bridgehead atoms. The molecule has 0 saturated carbocycles. The molecule has 1 amide bonds. The Labute approximate surface area is 194 Å². The highest BCUT2D eigenvalue weighted by atomic mass is 16.5. The van der Waals surface area contributed by atoms with Gasteiger partial charge in [0.2, 0.25) is 5.91 Å². The van der Waals surface area contributed by atoms with Crippen molar-refractivity contribution >= 4 is 16.8 Å². The number of piperidine rings is 1. The molecule has 1 atom stereocenters. The van der Waals surface area contributed by atoms with Crippen LogP contribution in [0.25, 0.3) is 10.9 Å². The Hall–Kier alpha value is -2.90. The second kappa shape index (κ2) is 8.47. The largest absolute Gasteiger partial charge is 0.497 e. The van der Waals surface area contributed by atoms with Crippen LogP contribution in [0.2, 0.25) is 0 Å². The Bertz CT molecular complexity index is 1170. The van der Waals surface area contributed by atoms with Gasteiger partial charge in [0.15, 0.2) is 0 Å². The zero-order chi connectivity index (χ0) is 23.2. The zero-order valence-electron chi connectivity index (χ0n) is 19.6. The molecule has 0 aliphatic carbocycles. The van der Waals surface area contributed by atoms with Gasteiger partial charge < -0.3 is 24.2 Å². The third-order valence-corrected chi connectivity index (χ3v) is 7.64. The number of amides is 1. The van der Waals surface area contributed by atoms with Crippen molar-refractivity contribution in [1.29, 1.82) is 0 Å². The van der Waals surface area contributed by atoms with Crippen LogP contribution >= 0.6 is 0 Å². The number of aromatic nitrogens is 2. The summed E-state index contributed by atoms with van der Waals surface area (Å²) in [4.78, 5) is 22.2. The SMILES string of the molecule is COc1ccc2c3c(n(C)c2c1)[C@H](CO)N(C(=O)Cc1ccccn1)CC31CCN(C)CC1. The molecule has 1 fully saturated rings. The lowest BCUT2D eigenvalue weighted by atomic mass is 9.68. The number of likely N-dealkylation sites (tertiary alicyclic amines) is 1. The minimum absolute atomic E-state index is 0.0135. The average Bonchev–Trinajstić information content (AvgIpc) is 3.14. The fourth-order valence-electron chi connectivity index (χ4n) is 5.83. The topological polar surface area (TPSA) is 70.8 Å². The lowest BCUT2D eigenvalue weighted by Crippen LogP contribution is -2.55. The van der Waals surface area contributed by atoms with Gasteiger partial charge in [-0.25, -0.2) is 0 Å². The molecule has 3 aromatic rings. The normalized spacial score (nSPS) is 20.2. The van der Waals surface area contributed by atoms with Crippen molar-refractivity contribution in [2.24, 2.45) is 7.05 Å². The van der Waals surface area contributed by atoms with Crippen LogP contribution < -0.4 is 4.74 Å². The summed E-state index contributed by atoms with van der Waals surface area (Å²) >= 11 is 0. The summed E-state index contributed by atoms with van der Waals surface area (Å²) in [7, 11) is 5.88. The molecule has 1 N–H and O–H groups in total. The molecule has 2 aliphatic rings. The van der Waals surface area contributed by atoms with E-state index < -0.39 is 0 Å². The van der Waals surface area contributed by atoms with E-state index in [1.807, 2.05) is 36.2 Å². The maximum Gasteiger partial charge on any atom is 0.229 e. The predicted octanol–water partition coefficient (Wildman–Crippen LogP) is 2.66. The number of rotatable bonds is 4. The van der Waals surface area contributed by atoms with Gasteiger partial charge in [0.05, 0.1) is 31.7 Å². The molecule has 0 radical (unpaired) electrons. The second-order valence-corrected chi connectivity index (χ2v) is 9.50. The molecule has 33 heavy (non-hydrogen) atoms. The van der Waals surface area contributed by atoms with Crippen LogP contribution in [0.4, 0.5) is 0 Å². The highest BCUT2D eigenvalue weighted by Gasteiger charge is 2.49. The number of pyridine rings is 1. The average molecular weight is 449 g/mol. The molecular formula is C26H32N4O3. The maximum atomic E-state index is 13.6. The van der Waals surface area contributed by atoms with Crippen LogP contribution in [0.1, 0.15) is 35.8 Å². The zero-order valence-corrected chi connectivity index (χ0v) is 19.6. The number of aliphatic hydroxyl groups excluding tert-OH is 1. The van der Waals surface area contributed by atoms with Crippen LogP contribution in [0.5, 0.6) is 5.75 Å². The van der Waals surface area contributed by atoms with Crippen molar-refractivity contribution in [3.8, 4) is 5.75 Å². The molecule has 0 unspecified atom stereocenters. The van der Waals surface area contributed by atoms with E-state index in [-0.39, 0.29) is 30.4 Å². The molecule has 4 heterocycles. The van der Waals surface area contributed by atoms with Crippen molar-refractivity contribution in [1.82, 2.24) is 19.4 Å². The van der Waals surface area contributed by atoms with E-state index in [9.17, 15) is 9.90 Å². The number of fused-ring (bicyclic) bond motifs is 4. The molecule has 2 aliphatic heterocycles. The number of carbonyl (C=O) groups is 1. The Morgan fingerprint density at radius 1 is 1.21 bits per heavy atom. The number of aliphatic hydroxyl groups is 1. The van der Waals surface area contributed by atoms with Crippen LogP contribution in [-0.2, 0) is 23.7 Å². The molecule has 7 heteroatoms. The van der Waals surface area contributed by atoms with E-state index in [0.29, 0.717) is 6.54 Å². The minimum Gasteiger partial charge on any atom is -0.497 e. The van der Waals surface area contributed by atoms with Gasteiger partial charge >= 0.3 is 0 Å². The van der Waals surface area contributed by atoms with E-state index in [1.54, 1.807) is 13.3 Å². The standard InChI is InChI=1S/C26H32N4O3/c1-28-12-9-26(10-13-28)17-30(23(32)14-18-6-4-5-11-27-18)22(16-31)25-24(26)20-8-7-19(33-3)15-21(20)29(25)2/h4-8,11,15,22,31H,9-10,12-14,16-17H2,1-3H3/t22-/m0/s1. The monoisotopic (exact) mass is 448 g/mol. The van der Waals surface area contributed by atoms with Crippen molar-refractivity contribution in [3.63, 3.8) is 0 Å². The van der Waals surface area contributed by atoms with Crippen LogP contribution in [0, 0.1) is 0 Å². The van der Waals surface area contributed by atoms with Gasteiger partial charge in [-0.3, -0.25) is 9.78 Å². The van der Waals surface area contributed by atoms with Gasteiger partial charge in [-0.2, -0.15) is 0 Å². The Balaban J connectivity index is 1.65. The summed E-state index contributed by atoms with van der Waals surface area (Å²) in [5.74, 6) is 0.820. The minimum atomic E-state index is -0.384. The first kappa shape index (κ1) is 21.9. The highest BCUT2D eigenvalue weighted by Crippen LogP contribution is 2.50. The van der Waals surface area contributed by atoms with Crippen LogP contribution in [0.15, 0.2) is 42.6 Å². The molecular weight excluding hydrogens is 416 g/mol. The molecule has 174 valence electrons. The van der Waals surface area contributed by atoms with Crippen LogP contribution in [0.3, 0.4) is 0 Å². The van der Waals surface area contributed by atoms with Crippen molar-refractivity contribution in [2.45, 2.75) is 30.7 Å². The van der Waals surface area contributed by atoms with Crippen molar-refractivity contribution < 1.29 is 14.6 Å². The van der Waals surface area contributed by atoms with Crippen molar-refractivity contribution in [3.05, 3.63) is 59.5 Å². The van der Waals surface area contributed by atoms with Gasteiger partial charge in [0.1, 0.15) is 5.75 Å². The van der Waals surface area contributed by atoms with Crippen LogP contribution in [-0.4, -0.2) is 70.8 Å². The molecule has 5 rings (SSSR count). The molecule has 2 aromatic heterocycles. The third kappa shape index (κ3) is 3.60. The van der Waals surface area contributed by atoms with E-state index in [4.69, 9.17) is 4.74 Å². The number of ether oxygens (including phenoxy) is 1. The fraction of sp³-hybridized carbons (Fsp3) is 0.462. The Kier molecular flexibility index (Phi) is 5.62. The van der Waals surface area contributed by atoms with Gasteiger partial charge in [0.25, 0.3) is 0 Å². The maximum absolute atomic E-state index is 13.6. The predicted molar refractivity (Wildman–Crippen MR) is 127 cm³/mol. The lowest BCUT2D eigenvalue weighted by molar-refractivity contribution is -0.136. The Morgan fingerprint density at radius 2 is 2.00 bits per heavy atom. The summed E-state index contributed by atoms with van der Waals surface area (Å²) in [5, 5.41) is 11.7. The quantitative estimate of drug-likeness (QED) is 0.665. The van der Waals surface area contributed by atoms with Crippen molar-refractivity contribution in [2.75, 3.05) is 40.4 Å². The summed E-state index contributed by atoms with van der Waals surface area (Å²) in [6.45, 7) is 2.48. The van der Waals surface area contributed by atoms with Gasteiger partial charge in [-0.05, 0) is 62.8 Å². The first-order valence-corrected chi connectivity index (χ1v) is 11.6. The molecule has 1 saturated heterocycles. The van der Waals surface area contributed by atoms with Gasteiger partial charge in [-0.1, -0.05) is 6.07 Å². The van der Waals surface area contributed by atoms with E-state index in [1.165, 1.54) is 10.9 Å². The lowest BCUT2D eigenvalue weighted by Gasteiger charge is -2.50. The summed E-state index contributed by atoms with van der Waals surface area (Å²) in [6.07, 6.45) is 3.91. The number of carbonyl (C=O) groups excluding carboxylic acids is 1.